The van der Waals surface area contributed by atoms with Crippen molar-refractivity contribution in [2.45, 2.75) is 26.1 Å². The molecule has 3 heteroatoms. The molecule has 0 spiro atoms. The summed E-state index contributed by atoms with van der Waals surface area (Å²) in [4.78, 5) is 2.39. The number of likely N-dealkylation sites (tertiary alicyclic amines) is 1. The van der Waals surface area contributed by atoms with E-state index in [2.05, 4.69) is 23.2 Å². The number of hydrogen-bond acceptors (Lipinski definition) is 3. The van der Waals surface area contributed by atoms with Crippen LogP contribution in [0.4, 0.5) is 5.69 Å². The van der Waals surface area contributed by atoms with Crippen molar-refractivity contribution in [3.63, 3.8) is 0 Å². The Morgan fingerprint density at radius 3 is 2.75 bits per heavy atom. The van der Waals surface area contributed by atoms with Crippen LogP contribution in [0, 0.1) is 5.92 Å². The van der Waals surface area contributed by atoms with Crippen LogP contribution < -0.4 is 10.1 Å². The molecule has 16 heavy (non-hydrogen) atoms. The molecule has 0 aromatic heterocycles. The van der Waals surface area contributed by atoms with Gasteiger partial charge in [0.05, 0.1) is 5.69 Å². The third-order valence-corrected chi connectivity index (χ3v) is 3.55. The van der Waals surface area contributed by atoms with E-state index in [1.807, 2.05) is 18.2 Å². The number of nitrogens with one attached hydrogen (secondary N) is 1. The predicted molar refractivity (Wildman–Crippen MR) is 64.5 cm³/mol. The molecule has 0 radical (unpaired) electrons. The number of fused-ring (bicyclic) bond motifs is 1. The highest BCUT2D eigenvalue weighted by atomic mass is 16.5. The fourth-order valence-electron chi connectivity index (χ4n) is 2.40. The molecule has 1 N–H and O–H groups in total. The molecule has 1 aromatic rings. The van der Waals surface area contributed by atoms with Crippen LogP contribution in [0.1, 0.15) is 19.8 Å². The van der Waals surface area contributed by atoms with Gasteiger partial charge >= 0.3 is 0 Å². The summed E-state index contributed by atoms with van der Waals surface area (Å²) in [5.74, 6) is 1.84. The minimum atomic E-state index is 0.0462. The van der Waals surface area contributed by atoms with Crippen molar-refractivity contribution >= 4 is 5.69 Å². The molecule has 0 bridgehead atoms. The molecule has 0 saturated carbocycles. The molecular weight excluding hydrogens is 200 g/mol. The van der Waals surface area contributed by atoms with Gasteiger partial charge in [-0.25, -0.2) is 0 Å². The lowest BCUT2D eigenvalue weighted by atomic mass is 10.00. The third-order valence-electron chi connectivity index (χ3n) is 3.55. The monoisotopic (exact) mass is 218 g/mol. The molecule has 2 heterocycles. The van der Waals surface area contributed by atoms with Gasteiger partial charge in [-0.3, -0.25) is 4.90 Å². The van der Waals surface area contributed by atoms with Crippen molar-refractivity contribution < 1.29 is 4.74 Å². The Balaban J connectivity index is 1.67. The van der Waals surface area contributed by atoms with Gasteiger partial charge in [0.1, 0.15) is 5.75 Å². The van der Waals surface area contributed by atoms with E-state index in [4.69, 9.17) is 4.74 Å². The van der Waals surface area contributed by atoms with E-state index in [9.17, 15) is 0 Å². The van der Waals surface area contributed by atoms with E-state index in [1.54, 1.807) is 0 Å². The van der Waals surface area contributed by atoms with Gasteiger partial charge in [0.15, 0.2) is 0 Å². The SMILES string of the molecule is CC1CCN(C2Nc3ccccc3O2)CC1. The number of benzene rings is 1. The maximum atomic E-state index is 5.90. The summed E-state index contributed by atoms with van der Waals surface area (Å²) in [7, 11) is 0. The summed E-state index contributed by atoms with van der Waals surface area (Å²) in [5, 5.41) is 3.42. The maximum Gasteiger partial charge on any atom is 0.230 e. The number of anilines is 1. The van der Waals surface area contributed by atoms with Gasteiger partial charge in [0.2, 0.25) is 6.35 Å². The molecule has 1 saturated heterocycles. The van der Waals surface area contributed by atoms with Gasteiger partial charge < -0.3 is 10.1 Å². The molecule has 0 aliphatic carbocycles. The first-order valence-corrected chi connectivity index (χ1v) is 6.09. The average molecular weight is 218 g/mol. The molecule has 0 amide bonds. The fourth-order valence-corrected chi connectivity index (χ4v) is 2.40. The molecule has 1 atom stereocenters. The molecule has 1 aromatic carbocycles. The molecule has 1 unspecified atom stereocenters. The fraction of sp³-hybridized carbons (Fsp3) is 0.538. The second-order valence-corrected chi connectivity index (χ2v) is 4.83. The summed E-state index contributed by atoms with van der Waals surface area (Å²) >= 11 is 0. The molecule has 2 aliphatic heterocycles. The number of piperidine rings is 1. The van der Waals surface area contributed by atoms with Gasteiger partial charge in [-0.15, -0.1) is 0 Å². The Labute approximate surface area is 96.4 Å². The number of nitrogens with zero attached hydrogens (tertiary/aromatic N) is 1. The lowest BCUT2D eigenvalue weighted by Gasteiger charge is -2.33. The quantitative estimate of drug-likeness (QED) is 0.784. The van der Waals surface area contributed by atoms with E-state index in [1.165, 1.54) is 12.8 Å². The second kappa shape index (κ2) is 3.98. The van der Waals surface area contributed by atoms with E-state index in [0.29, 0.717) is 0 Å². The molecule has 3 rings (SSSR count). The molecular formula is C13H18N2O. The van der Waals surface area contributed by atoms with Crippen molar-refractivity contribution in [2.24, 2.45) is 5.92 Å². The van der Waals surface area contributed by atoms with E-state index in [-0.39, 0.29) is 6.35 Å². The number of rotatable bonds is 1. The van der Waals surface area contributed by atoms with Crippen LogP contribution >= 0.6 is 0 Å². The lowest BCUT2D eigenvalue weighted by molar-refractivity contribution is 0.0341. The standard InChI is InChI=1S/C13H18N2O/c1-10-6-8-15(9-7-10)13-14-11-4-2-3-5-12(11)16-13/h2-5,10,13-14H,6-9H2,1H3. The molecule has 2 aliphatic rings. The van der Waals surface area contributed by atoms with Crippen LogP contribution in [-0.2, 0) is 0 Å². The highest BCUT2D eigenvalue weighted by molar-refractivity contribution is 5.59. The minimum absolute atomic E-state index is 0.0462. The third kappa shape index (κ3) is 1.76. The van der Waals surface area contributed by atoms with Gasteiger partial charge in [0.25, 0.3) is 0 Å². The van der Waals surface area contributed by atoms with E-state index in [0.717, 1.165) is 30.4 Å². The number of para-hydroxylation sites is 2. The van der Waals surface area contributed by atoms with Crippen molar-refractivity contribution in [3.8, 4) is 5.75 Å². The summed E-state index contributed by atoms with van der Waals surface area (Å²) in [5.41, 5.74) is 1.12. The number of ether oxygens (including phenoxy) is 1. The van der Waals surface area contributed by atoms with Crippen LogP contribution in [0.3, 0.4) is 0 Å². The minimum Gasteiger partial charge on any atom is -0.455 e. The number of hydrogen-bond donors (Lipinski definition) is 1. The molecule has 86 valence electrons. The average Bonchev–Trinajstić information content (AvgIpc) is 2.73. The van der Waals surface area contributed by atoms with Crippen LogP contribution in [0.25, 0.3) is 0 Å². The van der Waals surface area contributed by atoms with Crippen molar-refractivity contribution in [1.29, 1.82) is 0 Å². The van der Waals surface area contributed by atoms with Gasteiger partial charge in [0, 0.05) is 13.1 Å². The van der Waals surface area contributed by atoms with Crippen LogP contribution in [-0.4, -0.2) is 24.3 Å². The Morgan fingerprint density at radius 2 is 2.00 bits per heavy atom. The lowest BCUT2D eigenvalue weighted by Crippen LogP contribution is -2.46. The Hall–Kier alpha value is -1.22. The van der Waals surface area contributed by atoms with Crippen LogP contribution in [0.5, 0.6) is 5.75 Å². The van der Waals surface area contributed by atoms with Crippen LogP contribution in [0.15, 0.2) is 24.3 Å². The zero-order valence-corrected chi connectivity index (χ0v) is 9.65. The van der Waals surface area contributed by atoms with Crippen molar-refractivity contribution in [2.75, 3.05) is 18.4 Å². The molecule has 3 nitrogen and oxygen atoms in total. The molecule has 1 fully saturated rings. The Morgan fingerprint density at radius 1 is 1.25 bits per heavy atom. The zero-order valence-electron chi connectivity index (χ0n) is 9.65. The highest BCUT2D eigenvalue weighted by Gasteiger charge is 2.29. The summed E-state index contributed by atoms with van der Waals surface area (Å²) in [6.45, 7) is 4.59. The Bertz CT molecular complexity index is 347. The Kier molecular flexibility index (Phi) is 2.48. The van der Waals surface area contributed by atoms with E-state index >= 15 is 0 Å². The topological polar surface area (TPSA) is 24.5 Å². The summed E-state index contributed by atoms with van der Waals surface area (Å²) < 4.78 is 5.90. The van der Waals surface area contributed by atoms with Gasteiger partial charge in [-0.2, -0.15) is 0 Å². The van der Waals surface area contributed by atoms with Gasteiger partial charge in [-0.1, -0.05) is 19.1 Å². The first-order valence-electron chi connectivity index (χ1n) is 6.09. The van der Waals surface area contributed by atoms with Crippen molar-refractivity contribution in [1.82, 2.24) is 4.90 Å². The van der Waals surface area contributed by atoms with E-state index < -0.39 is 0 Å². The normalized spacial score (nSPS) is 25.9. The first-order chi connectivity index (χ1) is 7.83. The highest BCUT2D eigenvalue weighted by Crippen LogP contribution is 2.33. The zero-order chi connectivity index (χ0) is 11.0. The maximum absolute atomic E-state index is 5.90. The second-order valence-electron chi connectivity index (χ2n) is 4.83. The van der Waals surface area contributed by atoms with Crippen LogP contribution in [0.2, 0.25) is 0 Å². The smallest absolute Gasteiger partial charge is 0.230 e. The van der Waals surface area contributed by atoms with Gasteiger partial charge in [-0.05, 0) is 30.9 Å². The predicted octanol–water partition coefficient (Wildman–Crippen LogP) is 2.51. The summed E-state index contributed by atoms with van der Waals surface area (Å²) in [6, 6.07) is 8.15. The summed E-state index contributed by atoms with van der Waals surface area (Å²) in [6.07, 6.45) is 2.60. The first kappa shape index (κ1) is 9.97. The van der Waals surface area contributed by atoms with Crippen molar-refractivity contribution in [3.05, 3.63) is 24.3 Å². The largest absolute Gasteiger partial charge is 0.455 e.